The van der Waals surface area contributed by atoms with Crippen LogP contribution in [-0.2, 0) is 28.6 Å². The predicted octanol–water partition coefficient (Wildman–Crippen LogP) is 0.735. The van der Waals surface area contributed by atoms with E-state index in [4.69, 9.17) is 9.47 Å². The highest BCUT2D eigenvalue weighted by Crippen LogP contribution is 2.10. The van der Waals surface area contributed by atoms with Crippen molar-refractivity contribution in [3.05, 3.63) is 0 Å². The Morgan fingerprint density at radius 3 is 2.41 bits per heavy atom. The molecular weight excluding hydrogens is 228 g/mol. The molecule has 0 unspecified atom stereocenters. The molecule has 0 rings (SSSR count). The molecule has 6 nitrogen and oxygen atoms in total. The van der Waals surface area contributed by atoms with E-state index in [1.165, 1.54) is 20.3 Å². The van der Waals surface area contributed by atoms with E-state index in [1.54, 1.807) is 6.92 Å². The van der Waals surface area contributed by atoms with Gasteiger partial charge < -0.3 is 14.2 Å². The van der Waals surface area contributed by atoms with Crippen LogP contribution in [0.5, 0.6) is 0 Å². The molecule has 0 N–H and O–H groups in total. The van der Waals surface area contributed by atoms with Crippen LogP contribution in [0.1, 0.15) is 33.6 Å². The van der Waals surface area contributed by atoms with Gasteiger partial charge in [-0.1, -0.05) is 0 Å². The second kappa shape index (κ2) is 7.65. The summed E-state index contributed by atoms with van der Waals surface area (Å²) in [5.41, 5.74) is -1.36. The molecular formula is C11H17O6. The molecule has 0 saturated carbocycles. The summed E-state index contributed by atoms with van der Waals surface area (Å²) < 4.78 is 14.0. The molecule has 0 aromatic heterocycles. The van der Waals surface area contributed by atoms with Crippen LogP contribution < -0.4 is 0 Å². The van der Waals surface area contributed by atoms with Crippen LogP contribution in [0.2, 0.25) is 0 Å². The zero-order valence-corrected chi connectivity index (χ0v) is 10.3. The topological polar surface area (TPSA) is 78.9 Å². The summed E-state index contributed by atoms with van der Waals surface area (Å²) in [7, 11) is 0. The monoisotopic (exact) mass is 245 g/mol. The van der Waals surface area contributed by atoms with Crippen molar-refractivity contribution >= 4 is 18.4 Å². The molecule has 0 spiro atoms. The van der Waals surface area contributed by atoms with Crippen LogP contribution >= 0.6 is 0 Å². The summed E-state index contributed by atoms with van der Waals surface area (Å²) in [6, 6.07) is 0. The van der Waals surface area contributed by atoms with Crippen molar-refractivity contribution in [1.82, 2.24) is 0 Å². The van der Waals surface area contributed by atoms with Gasteiger partial charge >= 0.3 is 18.4 Å². The molecule has 0 amide bonds. The third kappa shape index (κ3) is 6.55. The van der Waals surface area contributed by atoms with Crippen molar-refractivity contribution < 1.29 is 28.6 Å². The van der Waals surface area contributed by atoms with Crippen LogP contribution in [0, 0.1) is 0 Å². The molecule has 0 aromatic carbocycles. The number of carbonyl (C=O) groups is 2. The first-order valence-corrected chi connectivity index (χ1v) is 5.32. The van der Waals surface area contributed by atoms with Crippen LogP contribution in [0.4, 0.5) is 0 Å². The first-order valence-electron chi connectivity index (χ1n) is 5.32. The molecule has 0 atom stereocenters. The third-order valence-corrected chi connectivity index (χ3v) is 1.85. The minimum Gasteiger partial charge on any atom is -0.466 e. The Bertz CT molecular complexity index is 271. The lowest BCUT2D eigenvalue weighted by Gasteiger charge is -2.19. The molecule has 0 aromatic rings. The lowest BCUT2D eigenvalue weighted by Crippen LogP contribution is -2.36. The van der Waals surface area contributed by atoms with Gasteiger partial charge in [0.15, 0.2) is 0 Å². The molecule has 17 heavy (non-hydrogen) atoms. The van der Waals surface area contributed by atoms with Gasteiger partial charge in [-0.2, -0.15) is 0 Å². The molecule has 0 saturated heterocycles. The van der Waals surface area contributed by atoms with Gasteiger partial charge in [-0.25, -0.2) is 9.59 Å². The van der Waals surface area contributed by atoms with Crippen LogP contribution in [0.15, 0.2) is 0 Å². The van der Waals surface area contributed by atoms with E-state index in [1.807, 2.05) is 0 Å². The van der Waals surface area contributed by atoms with Crippen molar-refractivity contribution in [3.63, 3.8) is 0 Å². The van der Waals surface area contributed by atoms with Crippen molar-refractivity contribution in [2.75, 3.05) is 13.2 Å². The third-order valence-electron chi connectivity index (χ3n) is 1.85. The van der Waals surface area contributed by atoms with Gasteiger partial charge in [-0.05, 0) is 27.2 Å². The molecule has 0 heterocycles. The Kier molecular flexibility index (Phi) is 6.93. The van der Waals surface area contributed by atoms with Crippen molar-refractivity contribution in [2.24, 2.45) is 0 Å². The minimum atomic E-state index is -1.36. The van der Waals surface area contributed by atoms with E-state index in [0.717, 1.165) is 0 Å². The van der Waals surface area contributed by atoms with E-state index < -0.39 is 11.6 Å². The van der Waals surface area contributed by atoms with E-state index in [2.05, 4.69) is 4.74 Å². The fourth-order valence-corrected chi connectivity index (χ4v) is 0.934. The summed E-state index contributed by atoms with van der Waals surface area (Å²) in [6.07, 6.45) is 0.549. The molecule has 1 radical (unpaired) electrons. The van der Waals surface area contributed by atoms with Gasteiger partial charge in [0.2, 0.25) is 5.60 Å². The molecule has 0 bridgehead atoms. The molecule has 97 valence electrons. The lowest BCUT2D eigenvalue weighted by molar-refractivity contribution is -0.161. The van der Waals surface area contributed by atoms with Gasteiger partial charge in [0, 0.05) is 6.42 Å². The van der Waals surface area contributed by atoms with Crippen molar-refractivity contribution in [2.45, 2.75) is 39.2 Å². The highest BCUT2D eigenvalue weighted by atomic mass is 16.6. The Morgan fingerprint density at radius 1 is 1.24 bits per heavy atom. The van der Waals surface area contributed by atoms with Crippen molar-refractivity contribution in [3.8, 4) is 0 Å². The quantitative estimate of drug-likeness (QED) is 0.356. The molecule has 0 aliphatic heterocycles. The highest BCUT2D eigenvalue weighted by molar-refractivity contribution is 5.79. The standard InChI is InChI=1S/C11H17O6/c1-4-15-9(13)6-5-7-16-10(14)11(2,3)17-8-12/h4-7H2,1-3H3. The summed E-state index contributed by atoms with van der Waals surface area (Å²) >= 11 is 0. The first kappa shape index (κ1) is 15.4. The minimum absolute atomic E-state index is 0.0727. The maximum absolute atomic E-state index is 11.4. The Labute approximate surface area is 100 Å². The number of hydrogen-bond donors (Lipinski definition) is 0. The maximum atomic E-state index is 11.4. The van der Waals surface area contributed by atoms with Crippen molar-refractivity contribution in [1.29, 1.82) is 0 Å². The average molecular weight is 245 g/mol. The number of ether oxygens (including phenoxy) is 3. The summed E-state index contributed by atoms with van der Waals surface area (Å²) in [6.45, 7) is 6.09. The maximum Gasteiger partial charge on any atom is 0.418 e. The van der Waals surface area contributed by atoms with E-state index >= 15 is 0 Å². The summed E-state index contributed by atoms with van der Waals surface area (Å²) in [5, 5.41) is 0. The zero-order chi connectivity index (χ0) is 13.3. The smallest absolute Gasteiger partial charge is 0.418 e. The fraction of sp³-hybridized carbons (Fsp3) is 0.727. The number of hydrogen-bond acceptors (Lipinski definition) is 6. The van der Waals surface area contributed by atoms with Crippen LogP contribution in [0.25, 0.3) is 0 Å². The SMILES string of the molecule is CCOC(=O)CCCOC(=O)C(C)(C)O[C]=O. The first-order chi connectivity index (χ1) is 7.94. The zero-order valence-electron chi connectivity index (χ0n) is 10.3. The predicted molar refractivity (Wildman–Crippen MR) is 57.7 cm³/mol. The van der Waals surface area contributed by atoms with Gasteiger partial charge in [0.1, 0.15) is 0 Å². The van der Waals surface area contributed by atoms with E-state index in [-0.39, 0.29) is 19.0 Å². The van der Waals surface area contributed by atoms with Crippen LogP contribution in [-0.4, -0.2) is 37.2 Å². The number of rotatable bonds is 8. The van der Waals surface area contributed by atoms with Gasteiger partial charge in [-0.15, -0.1) is 0 Å². The Balaban J connectivity index is 3.78. The summed E-state index contributed by atoms with van der Waals surface area (Å²) in [5.74, 6) is -1.01. The number of esters is 2. The fourth-order valence-electron chi connectivity index (χ4n) is 0.934. The number of carbonyl (C=O) groups excluding carboxylic acids is 3. The molecule has 6 heteroatoms. The second-order valence-electron chi connectivity index (χ2n) is 3.74. The summed E-state index contributed by atoms with van der Waals surface area (Å²) in [4.78, 5) is 32.3. The molecule has 0 aliphatic carbocycles. The second-order valence-corrected chi connectivity index (χ2v) is 3.74. The van der Waals surface area contributed by atoms with Gasteiger partial charge in [0.05, 0.1) is 13.2 Å². The van der Waals surface area contributed by atoms with Gasteiger partial charge in [0.25, 0.3) is 0 Å². The molecule has 0 aliphatic rings. The largest absolute Gasteiger partial charge is 0.466 e. The van der Waals surface area contributed by atoms with E-state index in [9.17, 15) is 14.4 Å². The van der Waals surface area contributed by atoms with E-state index in [0.29, 0.717) is 13.0 Å². The lowest BCUT2D eigenvalue weighted by atomic mass is 10.1. The average Bonchev–Trinajstić information content (AvgIpc) is 2.24. The van der Waals surface area contributed by atoms with Gasteiger partial charge in [-0.3, -0.25) is 4.79 Å². The van der Waals surface area contributed by atoms with Crippen LogP contribution in [0.3, 0.4) is 0 Å². The normalized spacial score (nSPS) is 10.5. The Hall–Kier alpha value is -1.59. The Morgan fingerprint density at radius 2 is 1.88 bits per heavy atom. The molecule has 0 fully saturated rings. The highest BCUT2D eigenvalue weighted by Gasteiger charge is 2.31.